The highest BCUT2D eigenvalue weighted by atomic mass is 79.9. The standard InChI is InChI=1S/C20H17BrN2O5/c1-20(19(27)28)15-14(16(22-20)12-9-10(21)7-8-13(12)24)17(25)23(18(15)26)11-5-3-2-4-6-11/h2-9,14-16,22,24H,1H3,(H,27,28)/t14-,15+,16+,20-/m0/s1. The van der Waals surface area contributed by atoms with Crippen molar-refractivity contribution in [2.45, 2.75) is 18.5 Å². The Hall–Kier alpha value is -2.71. The van der Waals surface area contributed by atoms with E-state index in [-0.39, 0.29) is 5.75 Å². The van der Waals surface area contributed by atoms with Crippen molar-refractivity contribution in [3.63, 3.8) is 0 Å². The molecule has 4 rings (SSSR count). The molecule has 0 radical (unpaired) electrons. The van der Waals surface area contributed by atoms with Crippen LogP contribution in [0.2, 0.25) is 0 Å². The lowest BCUT2D eigenvalue weighted by Gasteiger charge is -2.27. The third-order valence-electron chi connectivity index (χ3n) is 5.57. The molecule has 28 heavy (non-hydrogen) atoms. The number of carboxylic acid groups (broad SMARTS) is 1. The number of nitrogens with one attached hydrogen (secondary N) is 1. The van der Waals surface area contributed by atoms with E-state index in [1.54, 1.807) is 42.5 Å². The molecule has 144 valence electrons. The summed E-state index contributed by atoms with van der Waals surface area (Å²) in [7, 11) is 0. The fourth-order valence-electron chi connectivity index (χ4n) is 4.21. The number of hydrogen-bond acceptors (Lipinski definition) is 5. The molecule has 0 spiro atoms. The lowest BCUT2D eigenvalue weighted by atomic mass is 9.80. The van der Waals surface area contributed by atoms with Crippen LogP contribution < -0.4 is 10.2 Å². The SMILES string of the molecule is C[C@]1(C(=O)O)N[C@H](c2cc(Br)ccc2O)[C@H]2C(=O)N(c3ccccc3)C(=O)[C@@H]21. The minimum atomic E-state index is -1.65. The fourth-order valence-corrected chi connectivity index (χ4v) is 4.59. The van der Waals surface area contributed by atoms with E-state index in [1.165, 1.54) is 13.0 Å². The molecule has 2 aromatic rings. The number of fused-ring (bicyclic) bond motifs is 1. The second-order valence-electron chi connectivity index (χ2n) is 7.18. The van der Waals surface area contributed by atoms with Crippen molar-refractivity contribution in [1.29, 1.82) is 0 Å². The van der Waals surface area contributed by atoms with Crippen LogP contribution >= 0.6 is 15.9 Å². The summed E-state index contributed by atoms with van der Waals surface area (Å²) in [6.07, 6.45) is 0. The summed E-state index contributed by atoms with van der Waals surface area (Å²) < 4.78 is 0.666. The Kier molecular flexibility index (Phi) is 4.28. The molecule has 2 fully saturated rings. The van der Waals surface area contributed by atoms with Crippen LogP contribution in [0.5, 0.6) is 5.75 Å². The van der Waals surface area contributed by atoms with Gasteiger partial charge >= 0.3 is 5.97 Å². The summed E-state index contributed by atoms with van der Waals surface area (Å²) in [5.74, 6) is -4.39. The number of halogens is 1. The average Bonchev–Trinajstić information content (AvgIpc) is 3.12. The number of phenols is 1. The largest absolute Gasteiger partial charge is 0.508 e. The van der Waals surface area contributed by atoms with Gasteiger partial charge in [-0.15, -0.1) is 0 Å². The van der Waals surface area contributed by atoms with E-state index in [0.717, 1.165) is 4.90 Å². The number of hydrogen-bond donors (Lipinski definition) is 3. The molecule has 0 bridgehead atoms. The lowest BCUT2D eigenvalue weighted by molar-refractivity contribution is -0.147. The molecule has 4 atom stereocenters. The van der Waals surface area contributed by atoms with Crippen LogP contribution in [0.15, 0.2) is 53.0 Å². The Morgan fingerprint density at radius 2 is 1.82 bits per heavy atom. The van der Waals surface area contributed by atoms with Gasteiger partial charge in [0.05, 0.1) is 17.5 Å². The number of nitrogens with zero attached hydrogens (tertiary/aromatic N) is 1. The quantitative estimate of drug-likeness (QED) is 0.627. The molecule has 7 nitrogen and oxygen atoms in total. The Balaban J connectivity index is 1.86. The Labute approximate surface area is 169 Å². The van der Waals surface area contributed by atoms with E-state index < -0.39 is 41.2 Å². The van der Waals surface area contributed by atoms with Crippen molar-refractivity contribution in [3.8, 4) is 5.75 Å². The summed E-state index contributed by atoms with van der Waals surface area (Å²) >= 11 is 3.33. The maximum atomic E-state index is 13.3. The average molecular weight is 445 g/mol. The van der Waals surface area contributed by atoms with Crippen molar-refractivity contribution in [2.75, 3.05) is 4.90 Å². The van der Waals surface area contributed by atoms with Gasteiger partial charge in [0, 0.05) is 16.1 Å². The number of amides is 2. The molecule has 2 aliphatic rings. The third-order valence-corrected chi connectivity index (χ3v) is 6.06. The van der Waals surface area contributed by atoms with E-state index in [9.17, 15) is 24.6 Å². The van der Waals surface area contributed by atoms with E-state index in [2.05, 4.69) is 21.2 Å². The maximum absolute atomic E-state index is 13.3. The predicted octanol–water partition coefficient (Wildman–Crippen LogP) is 2.45. The molecule has 8 heteroatoms. The van der Waals surface area contributed by atoms with E-state index in [1.807, 2.05) is 0 Å². The molecular formula is C20H17BrN2O5. The third kappa shape index (κ3) is 2.56. The number of benzene rings is 2. The van der Waals surface area contributed by atoms with Gasteiger partial charge in [-0.1, -0.05) is 34.1 Å². The number of carbonyl (C=O) groups excluding carboxylic acids is 2. The first-order valence-corrected chi connectivity index (χ1v) is 9.47. The highest BCUT2D eigenvalue weighted by molar-refractivity contribution is 9.10. The molecule has 0 aromatic heterocycles. The van der Waals surface area contributed by atoms with E-state index in [0.29, 0.717) is 15.7 Å². The molecule has 0 unspecified atom stereocenters. The zero-order valence-electron chi connectivity index (χ0n) is 14.8. The number of carbonyl (C=O) groups is 3. The number of aromatic hydroxyl groups is 1. The topological polar surface area (TPSA) is 107 Å². The van der Waals surface area contributed by atoms with Crippen LogP contribution in [-0.4, -0.2) is 33.5 Å². The Morgan fingerprint density at radius 3 is 2.46 bits per heavy atom. The molecule has 2 aliphatic heterocycles. The van der Waals surface area contributed by atoms with Gasteiger partial charge in [0.2, 0.25) is 11.8 Å². The van der Waals surface area contributed by atoms with Crippen molar-refractivity contribution in [3.05, 3.63) is 58.6 Å². The Morgan fingerprint density at radius 1 is 1.14 bits per heavy atom. The van der Waals surface area contributed by atoms with Crippen molar-refractivity contribution in [1.82, 2.24) is 5.32 Å². The van der Waals surface area contributed by atoms with Gasteiger partial charge in [-0.05, 0) is 37.3 Å². The minimum Gasteiger partial charge on any atom is -0.508 e. The van der Waals surface area contributed by atoms with Gasteiger partial charge in [-0.2, -0.15) is 0 Å². The van der Waals surface area contributed by atoms with Crippen LogP contribution in [0.3, 0.4) is 0 Å². The van der Waals surface area contributed by atoms with Crippen molar-refractivity contribution < 1.29 is 24.6 Å². The zero-order chi connectivity index (χ0) is 20.2. The monoisotopic (exact) mass is 444 g/mol. The summed E-state index contributed by atoms with van der Waals surface area (Å²) in [5.41, 5.74) is -0.886. The maximum Gasteiger partial charge on any atom is 0.324 e. The first-order chi connectivity index (χ1) is 13.3. The molecule has 0 aliphatic carbocycles. The second kappa shape index (κ2) is 6.42. The fraction of sp³-hybridized carbons (Fsp3) is 0.250. The van der Waals surface area contributed by atoms with Gasteiger partial charge < -0.3 is 10.2 Å². The summed E-state index contributed by atoms with van der Waals surface area (Å²) in [6, 6.07) is 12.3. The number of carboxylic acids is 1. The normalized spacial score (nSPS) is 29.2. The minimum absolute atomic E-state index is 0.0764. The highest BCUT2D eigenvalue weighted by Crippen LogP contribution is 2.51. The van der Waals surface area contributed by atoms with Crippen LogP contribution in [0, 0.1) is 11.8 Å². The molecular weight excluding hydrogens is 428 g/mol. The lowest BCUT2D eigenvalue weighted by Crippen LogP contribution is -2.53. The molecule has 2 aromatic carbocycles. The Bertz CT molecular complexity index is 995. The van der Waals surface area contributed by atoms with Gasteiger partial charge in [-0.25, -0.2) is 4.90 Å². The van der Waals surface area contributed by atoms with Gasteiger partial charge in [0.1, 0.15) is 11.3 Å². The van der Waals surface area contributed by atoms with Crippen molar-refractivity contribution >= 4 is 39.4 Å². The smallest absolute Gasteiger partial charge is 0.324 e. The van der Waals surface area contributed by atoms with E-state index in [4.69, 9.17) is 0 Å². The van der Waals surface area contributed by atoms with Gasteiger partial charge in [-0.3, -0.25) is 19.7 Å². The zero-order valence-corrected chi connectivity index (χ0v) is 16.4. The number of anilines is 1. The van der Waals surface area contributed by atoms with Gasteiger partial charge in [0.25, 0.3) is 0 Å². The summed E-state index contributed by atoms with van der Waals surface area (Å²) in [5, 5.41) is 23.1. The number of rotatable bonds is 3. The van der Waals surface area contributed by atoms with Crippen LogP contribution in [0.25, 0.3) is 0 Å². The number of phenolic OH excluding ortho intramolecular Hbond substituents is 1. The molecule has 2 saturated heterocycles. The van der Waals surface area contributed by atoms with Crippen LogP contribution in [0.1, 0.15) is 18.5 Å². The number of aliphatic carboxylic acids is 1. The molecule has 0 saturated carbocycles. The molecule has 2 heterocycles. The van der Waals surface area contributed by atoms with Gasteiger partial charge in [0.15, 0.2) is 0 Å². The highest BCUT2D eigenvalue weighted by Gasteiger charge is 2.67. The summed E-state index contributed by atoms with van der Waals surface area (Å²) in [6.45, 7) is 1.40. The number of imide groups is 1. The first-order valence-electron chi connectivity index (χ1n) is 8.68. The first kappa shape index (κ1) is 18.6. The second-order valence-corrected chi connectivity index (χ2v) is 8.10. The van der Waals surface area contributed by atoms with Crippen molar-refractivity contribution in [2.24, 2.45) is 11.8 Å². The van der Waals surface area contributed by atoms with Crippen LogP contribution in [0.4, 0.5) is 5.69 Å². The number of para-hydroxylation sites is 1. The molecule has 3 N–H and O–H groups in total. The van der Waals surface area contributed by atoms with E-state index >= 15 is 0 Å². The molecule has 2 amide bonds. The summed E-state index contributed by atoms with van der Waals surface area (Å²) in [4.78, 5) is 39.6. The van der Waals surface area contributed by atoms with Crippen LogP contribution in [-0.2, 0) is 14.4 Å². The predicted molar refractivity (Wildman–Crippen MR) is 104 cm³/mol.